The molecule has 0 saturated heterocycles. The Morgan fingerprint density at radius 2 is 1.66 bits per heavy atom. The molecule has 2 aromatic carbocycles. The van der Waals surface area contributed by atoms with Crippen LogP contribution >= 0.6 is 0 Å². The molecule has 152 valence electrons. The monoisotopic (exact) mass is 419 g/mol. The largest absolute Gasteiger partial charge is 0.455 e. The van der Waals surface area contributed by atoms with E-state index in [-0.39, 0.29) is 28.5 Å². The third kappa shape index (κ3) is 5.08. The number of amides is 1. The summed E-state index contributed by atoms with van der Waals surface area (Å²) >= 11 is 0. The van der Waals surface area contributed by atoms with Gasteiger partial charge in [0.1, 0.15) is 23.1 Å². The second-order valence-corrected chi connectivity index (χ2v) is 8.72. The van der Waals surface area contributed by atoms with E-state index in [2.05, 4.69) is 5.32 Å². The van der Waals surface area contributed by atoms with E-state index in [9.17, 15) is 22.0 Å². The highest BCUT2D eigenvalue weighted by Crippen LogP contribution is 2.21. The number of furan rings is 1. The lowest BCUT2D eigenvalue weighted by molar-refractivity contribution is 0.0921. The smallest absolute Gasteiger partial charge is 0.287 e. The zero-order valence-corrected chi connectivity index (χ0v) is 16.6. The summed E-state index contributed by atoms with van der Waals surface area (Å²) in [5.74, 6) is -2.48. The highest BCUT2D eigenvalue weighted by molar-refractivity contribution is 7.90. The fourth-order valence-corrected chi connectivity index (χ4v) is 4.07. The molecular formula is C21H19F2NO4S. The molecule has 1 aromatic heterocycles. The Labute approximate surface area is 167 Å². The van der Waals surface area contributed by atoms with Crippen LogP contribution in [-0.2, 0) is 22.1 Å². The summed E-state index contributed by atoms with van der Waals surface area (Å²) in [7, 11) is -3.64. The zero-order valence-electron chi connectivity index (χ0n) is 15.8. The number of hydrogen-bond donors (Lipinski definition) is 1. The fourth-order valence-electron chi connectivity index (χ4n) is 2.74. The van der Waals surface area contributed by atoms with Crippen molar-refractivity contribution in [1.82, 2.24) is 5.32 Å². The summed E-state index contributed by atoms with van der Waals surface area (Å²) in [6, 6.07) is 10.6. The van der Waals surface area contributed by atoms with E-state index in [1.165, 1.54) is 18.2 Å². The Bertz CT molecular complexity index is 1150. The lowest BCUT2D eigenvalue weighted by atomic mass is 10.1. The molecule has 29 heavy (non-hydrogen) atoms. The molecular weight excluding hydrogens is 400 g/mol. The first-order valence-electron chi connectivity index (χ1n) is 8.76. The molecule has 1 N–H and O–H groups in total. The molecule has 0 aliphatic rings. The second-order valence-electron chi connectivity index (χ2n) is 6.73. The maximum atomic E-state index is 13.2. The summed E-state index contributed by atoms with van der Waals surface area (Å²) in [5.41, 5.74) is 2.10. The lowest BCUT2D eigenvalue weighted by Crippen LogP contribution is -2.22. The average Bonchev–Trinajstić information content (AvgIpc) is 3.09. The van der Waals surface area contributed by atoms with E-state index in [1.807, 2.05) is 13.8 Å². The van der Waals surface area contributed by atoms with Crippen LogP contribution in [0.1, 0.15) is 33.0 Å². The molecule has 0 spiro atoms. The first kappa shape index (κ1) is 20.7. The lowest BCUT2D eigenvalue weighted by Gasteiger charge is -2.06. The van der Waals surface area contributed by atoms with E-state index in [4.69, 9.17) is 4.42 Å². The van der Waals surface area contributed by atoms with Gasteiger partial charge in [-0.15, -0.1) is 0 Å². The van der Waals surface area contributed by atoms with Gasteiger partial charge in [0.05, 0.1) is 4.90 Å². The molecule has 1 amide bonds. The van der Waals surface area contributed by atoms with Crippen molar-refractivity contribution in [1.29, 1.82) is 0 Å². The van der Waals surface area contributed by atoms with Crippen molar-refractivity contribution in [3.63, 3.8) is 0 Å². The van der Waals surface area contributed by atoms with Crippen LogP contribution in [0.3, 0.4) is 0 Å². The number of sulfone groups is 1. The third-order valence-electron chi connectivity index (χ3n) is 4.43. The Hall–Kier alpha value is -3.00. The van der Waals surface area contributed by atoms with Crippen molar-refractivity contribution >= 4 is 15.7 Å². The minimum atomic E-state index is -3.64. The molecule has 0 unspecified atom stereocenters. The van der Waals surface area contributed by atoms with E-state index >= 15 is 0 Å². The van der Waals surface area contributed by atoms with Crippen LogP contribution in [0.5, 0.6) is 0 Å². The van der Waals surface area contributed by atoms with Crippen molar-refractivity contribution in [2.24, 2.45) is 0 Å². The van der Waals surface area contributed by atoms with Gasteiger partial charge >= 0.3 is 0 Å². The van der Waals surface area contributed by atoms with Crippen molar-refractivity contribution in [3.8, 4) is 0 Å². The van der Waals surface area contributed by atoms with Gasteiger partial charge in [-0.2, -0.15) is 0 Å². The molecule has 0 aliphatic carbocycles. The van der Waals surface area contributed by atoms with E-state index in [0.29, 0.717) is 0 Å². The number of carbonyl (C=O) groups is 1. The topological polar surface area (TPSA) is 76.4 Å². The average molecular weight is 419 g/mol. The first-order chi connectivity index (χ1) is 13.6. The molecule has 0 bridgehead atoms. The van der Waals surface area contributed by atoms with Crippen molar-refractivity contribution in [2.45, 2.75) is 31.0 Å². The molecule has 0 radical (unpaired) electrons. The van der Waals surface area contributed by atoms with Crippen molar-refractivity contribution in [3.05, 3.63) is 88.4 Å². The maximum absolute atomic E-state index is 13.2. The van der Waals surface area contributed by atoms with Gasteiger partial charge in [-0.3, -0.25) is 4.79 Å². The van der Waals surface area contributed by atoms with Crippen LogP contribution in [0.4, 0.5) is 8.78 Å². The number of halogens is 2. The molecule has 1 heterocycles. The zero-order chi connectivity index (χ0) is 21.2. The summed E-state index contributed by atoms with van der Waals surface area (Å²) < 4.78 is 56.9. The summed E-state index contributed by atoms with van der Waals surface area (Å²) in [6.45, 7) is 3.61. The van der Waals surface area contributed by atoms with E-state index in [0.717, 1.165) is 29.3 Å². The van der Waals surface area contributed by atoms with Crippen LogP contribution in [0, 0.1) is 25.5 Å². The predicted octanol–water partition coefficient (Wildman–Crippen LogP) is 4.08. The van der Waals surface area contributed by atoms with Gasteiger partial charge in [-0.25, -0.2) is 17.2 Å². The number of aryl methyl sites for hydroxylation is 2. The number of carbonyl (C=O) groups excluding carboxylic acids is 1. The molecule has 0 fully saturated rings. The number of nitrogens with one attached hydrogen (secondary N) is 1. The minimum Gasteiger partial charge on any atom is -0.455 e. The minimum absolute atomic E-state index is 0.0906. The van der Waals surface area contributed by atoms with E-state index in [1.54, 1.807) is 12.1 Å². The Balaban J connectivity index is 1.68. The molecule has 0 aliphatic heterocycles. The summed E-state index contributed by atoms with van der Waals surface area (Å²) in [5, 5.41) is 2.48. The fraction of sp³-hybridized carbons (Fsp3) is 0.190. The Morgan fingerprint density at radius 3 is 2.31 bits per heavy atom. The van der Waals surface area contributed by atoms with Crippen LogP contribution in [0.2, 0.25) is 0 Å². The molecule has 3 aromatic rings. The highest BCUT2D eigenvalue weighted by Gasteiger charge is 2.20. The third-order valence-corrected chi connectivity index (χ3v) is 6.07. The van der Waals surface area contributed by atoms with Gasteiger partial charge in [0.15, 0.2) is 15.6 Å². The SMILES string of the molecule is Cc1ccc(S(=O)(=O)Cc2ccc(C(=O)NCc3cc(F)cc(F)c3)o2)cc1C. The van der Waals surface area contributed by atoms with Gasteiger partial charge in [0, 0.05) is 12.6 Å². The quantitative estimate of drug-likeness (QED) is 0.653. The van der Waals surface area contributed by atoms with Crippen LogP contribution in [0.25, 0.3) is 0 Å². The standard InChI is InChI=1S/C21H19F2NO4S/c1-13-3-5-19(7-14(13)2)29(26,27)12-18-4-6-20(28-18)21(25)24-11-15-8-16(22)10-17(23)9-15/h3-10H,11-12H2,1-2H3,(H,24,25). The van der Waals surface area contributed by atoms with Gasteiger partial charge < -0.3 is 9.73 Å². The second kappa shape index (κ2) is 8.16. The van der Waals surface area contributed by atoms with Gasteiger partial charge in [-0.05, 0) is 66.9 Å². The van der Waals surface area contributed by atoms with Gasteiger partial charge in [0.25, 0.3) is 5.91 Å². The maximum Gasteiger partial charge on any atom is 0.287 e. The van der Waals surface area contributed by atoms with Gasteiger partial charge in [0.2, 0.25) is 0 Å². The molecule has 0 saturated carbocycles. The van der Waals surface area contributed by atoms with Crippen LogP contribution in [0.15, 0.2) is 57.8 Å². The normalized spacial score (nSPS) is 11.4. The molecule has 8 heteroatoms. The van der Waals surface area contributed by atoms with Crippen molar-refractivity contribution in [2.75, 3.05) is 0 Å². The van der Waals surface area contributed by atoms with E-state index < -0.39 is 33.1 Å². The Morgan fingerprint density at radius 1 is 0.966 bits per heavy atom. The molecule has 3 rings (SSSR count). The summed E-state index contributed by atoms with van der Waals surface area (Å²) in [4.78, 5) is 12.4. The number of hydrogen-bond acceptors (Lipinski definition) is 4. The molecule has 5 nitrogen and oxygen atoms in total. The Kier molecular flexibility index (Phi) is 5.83. The van der Waals surface area contributed by atoms with Crippen LogP contribution in [-0.4, -0.2) is 14.3 Å². The molecule has 0 atom stereocenters. The number of rotatable bonds is 6. The highest BCUT2D eigenvalue weighted by atomic mass is 32.2. The first-order valence-corrected chi connectivity index (χ1v) is 10.4. The van der Waals surface area contributed by atoms with Crippen molar-refractivity contribution < 1.29 is 26.4 Å². The van der Waals surface area contributed by atoms with Gasteiger partial charge in [-0.1, -0.05) is 6.07 Å². The predicted molar refractivity (Wildman–Crippen MR) is 103 cm³/mol. The van der Waals surface area contributed by atoms with Crippen LogP contribution < -0.4 is 5.32 Å². The number of benzene rings is 2. The summed E-state index contributed by atoms with van der Waals surface area (Å²) in [6.07, 6.45) is 0.